The number of hydrogen-bond donors (Lipinski definition) is 2. The molecule has 1 aromatic heterocycles. The molecule has 76 valence electrons. The van der Waals surface area contributed by atoms with E-state index in [1.165, 1.54) is 6.92 Å². The molecule has 1 aromatic rings. The van der Waals surface area contributed by atoms with Gasteiger partial charge >= 0.3 is 5.69 Å². The molecule has 0 radical (unpaired) electrons. The zero-order chi connectivity index (χ0) is 10.7. The third-order valence-electron chi connectivity index (χ3n) is 1.73. The lowest BCUT2D eigenvalue weighted by atomic mass is 10.2. The Kier molecular flexibility index (Phi) is 2.98. The molecule has 1 rings (SSSR count). The fourth-order valence-corrected chi connectivity index (χ4v) is 1.03. The second kappa shape index (κ2) is 4.01. The minimum absolute atomic E-state index is 0.0515. The summed E-state index contributed by atoms with van der Waals surface area (Å²) in [6, 6.07) is 0. The van der Waals surface area contributed by atoms with Crippen LogP contribution in [0.25, 0.3) is 0 Å². The highest BCUT2D eigenvalue weighted by molar-refractivity contribution is 5.93. The zero-order valence-electron chi connectivity index (χ0n) is 7.61. The molecule has 0 spiro atoms. The molecule has 2 N–H and O–H groups in total. The normalized spacial score (nSPS) is 10.1. The number of aromatic nitrogens is 2. The van der Waals surface area contributed by atoms with Crippen LogP contribution in [0.3, 0.4) is 0 Å². The number of H-pyrrole nitrogens is 1. The Labute approximate surface area is 78.8 Å². The van der Waals surface area contributed by atoms with Gasteiger partial charge in [0.2, 0.25) is 0 Å². The summed E-state index contributed by atoms with van der Waals surface area (Å²) in [4.78, 5) is 35.1. The van der Waals surface area contributed by atoms with E-state index in [0.29, 0.717) is 0 Å². The molecule has 0 atom stereocenters. The van der Waals surface area contributed by atoms with Gasteiger partial charge in [0.15, 0.2) is 5.78 Å². The van der Waals surface area contributed by atoms with Crippen LogP contribution in [0.15, 0.2) is 15.8 Å². The van der Waals surface area contributed by atoms with Crippen LogP contribution in [0.1, 0.15) is 17.3 Å². The van der Waals surface area contributed by atoms with E-state index in [2.05, 4.69) is 0 Å². The van der Waals surface area contributed by atoms with E-state index in [0.717, 1.165) is 10.8 Å². The smallest absolute Gasteiger partial charge is 0.328 e. The largest absolute Gasteiger partial charge is 0.395 e. The van der Waals surface area contributed by atoms with Gasteiger partial charge in [-0.15, -0.1) is 0 Å². The number of aliphatic hydroxyl groups is 1. The Hall–Kier alpha value is -1.69. The van der Waals surface area contributed by atoms with Crippen molar-refractivity contribution < 1.29 is 9.90 Å². The van der Waals surface area contributed by atoms with Crippen molar-refractivity contribution in [2.24, 2.45) is 0 Å². The first-order valence-corrected chi connectivity index (χ1v) is 4.02. The average molecular weight is 198 g/mol. The number of nitrogens with one attached hydrogen (secondary N) is 1. The van der Waals surface area contributed by atoms with Gasteiger partial charge in [-0.25, -0.2) is 4.79 Å². The van der Waals surface area contributed by atoms with Crippen LogP contribution in [0.2, 0.25) is 0 Å². The number of aliphatic hydroxyl groups excluding tert-OH is 1. The lowest BCUT2D eigenvalue weighted by molar-refractivity contribution is 0.101. The van der Waals surface area contributed by atoms with Crippen molar-refractivity contribution in [2.45, 2.75) is 13.5 Å². The number of nitrogens with zero attached hydrogens (tertiary/aromatic N) is 1. The highest BCUT2D eigenvalue weighted by Crippen LogP contribution is 1.89. The van der Waals surface area contributed by atoms with E-state index >= 15 is 0 Å². The van der Waals surface area contributed by atoms with Crippen LogP contribution >= 0.6 is 0 Å². The predicted octanol–water partition coefficient (Wildman–Crippen LogP) is -1.27. The van der Waals surface area contributed by atoms with Crippen LogP contribution in [0, 0.1) is 0 Å². The number of aromatic amines is 1. The summed E-state index contributed by atoms with van der Waals surface area (Å²) >= 11 is 0. The molecule has 0 aliphatic heterocycles. The van der Waals surface area contributed by atoms with Gasteiger partial charge in [0.25, 0.3) is 5.56 Å². The van der Waals surface area contributed by atoms with Crippen molar-refractivity contribution in [2.75, 3.05) is 6.61 Å². The Bertz CT molecular complexity index is 457. The fourth-order valence-electron chi connectivity index (χ4n) is 1.03. The van der Waals surface area contributed by atoms with Gasteiger partial charge in [-0.1, -0.05) is 0 Å². The van der Waals surface area contributed by atoms with E-state index in [1.54, 1.807) is 0 Å². The maximum atomic E-state index is 11.1. The quantitative estimate of drug-likeness (QED) is 0.592. The van der Waals surface area contributed by atoms with Crippen LogP contribution in [-0.4, -0.2) is 27.0 Å². The van der Waals surface area contributed by atoms with Crippen molar-refractivity contribution in [1.29, 1.82) is 0 Å². The molecule has 0 saturated carbocycles. The third kappa shape index (κ3) is 1.97. The number of carbonyl (C=O) groups is 1. The van der Waals surface area contributed by atoms with Gasteiger partial charge in [0, 0.05) is 6.20 Å². The van der Waals surface area contributed by atoms with E-state index in [1.807, 2.05) is 4.98 Å². The average Bonchev–Trinajstić information content (AvgIpc) is 2.09. The summed E-state index contributed by atoms with van der Waals surface area (Å²) in [6.45, 7) is 1.05. The van der Waals surface area contributed by atoms with Gasteiger partial charge in [-0.3, -0.25) is 19.1 Å². The molecular weight excluding hydrogens is 188 g/mol. The highest BCUT2D eigenvalue weighted by Gasteiger charge is 2.07. The third-order valence-corrected chi connectivity index (χ3v) is 1.73. The number of hydrogen-bond acceptors (Lipinski definition) is 4. The van der Waals surface area contributed by atoms with Gasteiger partial charge in [0.05, 0.1) is 18.7 Å². The maximum absolute atomic E-state index is 11.1. The molecule has 6 nitrogen and oxygen atoms in total. The number of carbonyl (C=O) groups excluding carboxylic acids is 1. The molecular formula is C8H10N2O4. The summed E-state index contributed by atoms with van der Waals surface area (Å²) in [5, 5.41) is 8.61. The van der Waals surface area contributed by atoms with Crippen molar-refractivity contribution >= 4 is 5.78 Å². The number of ketones is 1. The first-order chi connectivity index (χ1) is 6.56. The van der Waals surface area contributed by atoms with Crippen LogP contribution < -0.4 is 11.2 Å². The Morgan fingerprint density at radius 1 is 1.57 bits per heavy atom. The molecule has 0 aliphatic rings. The molecule has 0 aliphatic carbocycles. The molecule has 6 heteroatoms. The summed E-state index contributed by atoms with van der Waals surface area (Å²) in [5.41, 5.74) is -1.41. The van der Waals surface area contributed by atoms with Gasteiger partial charge in [-0.05, 0) is 6.92 Å². The highest BCUT2D eigenvalue weighted by atomic mass is 16.3. The Morgan fingerprint density at radius 2 is 2.21 bits per heavy atom. The van der Waals surface area contributed by atoms with E-state index in [-0.39, 0.29) is 18.7 Å². The van der Waals surface area contributed by atoms with Crippen molar-refractivity contribution in [3.8, 4) is 0 Å². The summed E-state index contributed by atoms with van der Waals surface area (Å²) < 4.78 is 1.08. The molecule has 1 heterocycles. The van der Waals surface area contributed by atoms with Crippen molar-refractivity contribution in [1.82, 2.24) is 9.55 Å². The zero-order valence-corrected chi connectivity index (χ0v) is 7.61. The number of Topliss-reactive ketones (excluding diaryl/α,β-unsaturated/α-hetero) is 1. The van der Waals surface area contributed by atoms with E-state index < -0.39 is 17.0 Å². The molecule has 0 amide bonds. The second-order valence-corrected chi connectivity index (χ2v) is 2.78. The van der Waals surface area contributed by atoms with Crippen molar-refractivity contribution in [3.63, 3.8) is 0 Å². The topological polar surface area (TPSA) is 92.2 Å². The van der Waals surface area contributed by atoms with Gasteiger partial charge in [0.1, 0.15) is 0 Å². The minimum atomic E-state index is -0.698. The molecule has 0 aromatic carbocycles. The monoisotopic (exact) mass is 198 g/mol. The van der Waals surface area contributed by atoms with Crippen LogP contribution in [0.4, 0.5) is 0 Å². The number of rotatable bonds is 3. The van der Waals surface area contributed by atoms with Crippen LogP contribution in [-0.2, 0) is 6.54 Å². The lowest BCUT2D eigenvalue weighted by Crippen LogP contribution is -2.33. The second-order valence-electron chi connectivity index (χ2n) is 2.78. The molecule has 0 fully saturated rings. The molecule has 0 unspecified atom stereocenters. The Morgan fingerprint density at radius 3 is 2.71 bits per heavy atom. The summed E-state index contributed by atoms with van der Waals surface area (Å²) in [5.74, 6) is -0.419. The minimum Gasteiger partial charge on any atom is -0.395 e. The maximum Gasteiger partial charge on any atom is 0.328 e. The molecule has 14 heavy (non-hydrogen) atoms. The van der Waals surface area contributed by atoms with E-state index in [9.17, 15) is 14.4 Å². The van der Waals surface area contributed by atoms with Gasteiger partial charge in [-0.2, -0.15) is 0 Å². The fraction of sp³-hybridized carbons (Fsp3) is 0.375. The molecule has 0 bridgehead atoms. The Balaban J connectivity index is 3.35. The SMILES string of the molecule is CC(=O)c1cn(CCO)c(=O)[nH]c1=O. The standard InChI is InChI=1S/C8H10N2O4/c1-5(12)6-4-10(2-3-11)8(14)9-7(6)13/h4,11H,2-3H2,1H3,(H,9,13,14). The summed E-state index contributed by atoms with van der Waals surface area (Å²) in [7, 11) is 0. The lowest BCUT2D eigenvalue weighted by Gasteiger charge is -2.02. The predicted molar refractivity (Wildman–Crippen MR) is 48.4 cm³/mol. The van der Waals surface area contributed by atoms with Crippen molar-refractivity contribution in [3.05, 3.63) is 32.6 Å². The molecule has 0 saturated heterocycles. The van der Waals surface area contributed by atoms with E-state index in [4.69, 9.17) is 5.11 Å². The first-order valence-electron chi connectivity index (χ1n) is 4.02. The van der Waals surface area contributed by atoms with Gasteiger partial charge < -0.3 is 5.11 Å². The van der Waals surface area contributed by atoms with Crippen LogP contribution in [0.5, 0.6) is 0 Å². The first kappa shape index (κ1) is 10.4. The summed E-state index contributed by atoms with van der Waals surface area (Å²) in [6.07, 6.45) is 1.15.